The van der Waals surface area contributed by atoms with Crippen molar-refractivity contribution in [2.45, 2.75) is 27.2 Å². The highest BCUT2D eigenvalue weighted by Crippen LogP contribution is 2.20. The van der Waals surface area contributed by atoms with Crippen molar-refractivity contribution in [2.24, 2.45) is 13.0 Å². The minimum Gasteiger partial charge on any atom is -0.361 e. The first-order valence-corrected chi connectivity index (χ1v) is 8.83. The van der Waals surface area contributed by atoms with Crippen molar-refractivity contribution in [1.82, 2.24) is 25.1 Å². The number of thiocarbonyl (C=S) groups is 1. The van der Waals surface area contributed by atoms with E-state index in [1.54, 1.807) is 22.8 Å². The molecule has 2 rings (SSSR count). The van der Waals surface area contributed by atoms with Gasteiger partial charge in [-0.1, -0.05) is 25.4 Å². The molecule has 0 radical (unpaired) electrons. The van der Waals surface area contributed by atoms with Crippen molar-refractivity contribution in [3.05, 3.63) is 22.5 Å². The average molecular weight is 370 g/mol. The Hall–Kier alpha value is -1.60. The van der Waals surface area contributed by atoms with Crippen LogP contribution in [0.1, 0.15) is 31.5 Å². The van der Waals surface area contributed by atoms with E-state index in [1.165, 1.54) is 6.08 Å². The zero-order valence-electron chi connectivity index (χ0n) is 14.5. The number of hydrogen-bond acceptors (Lipinski definition) is 3. The van der Waals surface area contributed by atoms with Gasteiger partial charge in [-0.15, -0.1) is 0 Å². The molecule has 0 bridgehead atoms. The summed E-state index contributed by atoms with van der Waals surface area (Å²) in [4.78, 5) is 12.5. The lowest BCUT2D eigenvalue weighted by atomic mass is 10.2. The minimum absolute atomic E-state index is 0.111. The molecule has 0 spiro atoms. The van der Waals surface area contributed by atoms with Crippen LogP contribution in [-0.2, 0) is 11.8 Å². The molecule has 0 saturated carbocycles. The van der Waals surface area contributed by atoms with E-state index in [0.29, 0.717) is 22.7 Å². The number of carbonyl (C=O) groups is 1. The van der Waals surface area contributed by atoms with Crippen molar-refractivity contribution in [1.29, 1.82) is 0 Å². The Balaban J connectivity index is 2.05. The van der Waals surface area contributed by atoms with E-state index in [4.69, 9.17) is 23.8 Å². The molecule has 2 heterocycles. The molecule has 6 nitrogen and oxygen atoms in total. The van der Waals surface area contributed by atoms with Crippen LogP contribution < -0.4 is 5.32 Å². The summed E-state index contributed by atoms with van der Waals surface area (Å²) >= 11 is 11.6. The predicted molar refractivity (Wildman–Crippen MR) is 100 cm³/mol. The van der Waals surface area contributed by atoms with E-state index in [9.17, 15) is 4.79 Å². The van der Waals surface area contributed by atoms with E-state index in [0.717, 1.165) is 30.8 Å². The number of hydrogen-bond donors (Lipinski definition) is 1. The van der Waals surface area contributed by atoms with E-state index in [2.05, 4.69) is 24.3 Å². The van der Waals surface area contributed by atoms with Gasteiger partial charge in [0.15, 0.2) is 5.11 Å². The topological polar surface area (TPSA) is 53.4 Å². The molecule has 8 heteroatoms. The third-order valence-electron chi connectivity index (χ3n) is 3.77. The van der Waals surface area contributed by atoms with Crippen LogP contribution in [0, 0.1) is 12.8 Å². The molecule has 1 N–H and O–H groups in total. The second-order valence-electron chi connectivity index (χ2n) is 6.26. The largest absolute Gasteiger partial charge is 0.361 e. The van der Waals surface area contributed by atoms with Crippen LogP contribution in [0.5, 0.6) is 0 Å². The molecule has 0 aromatic carbocycles. The molecule has 1 amide bonds. The molecule has 1 aromatic heterocycles. The predicted octanol–water partition coefficient (Wildman–Crippen LogP) is 2.37. The minimum atomic E-state index is -0.111. The van der Waals surface area contributed by atoms with Gasteiger partial charge in [0.25, 0.3) is 5.91 Å². The summed E-state index contributed by atoms with van der Waals surface area (Å²) in [5.41, 5.74) is 1.55. The van der Waals surface area contributed by atoms with Crippen LogP contribution in [-0.4, -0.2) is 50.5 Å². The third kappa shape index (κ3) is 4.27. The lowest BCUT2D eigenvalue weighted by Gasteiger charge is -2.29. The summed E-state index contributed by atoms with van der Waals surface area (Å²) in [5.74, 6) is 0.380. The summed E-state index contributed by atoms with van der Waals surface area (Å²) in [6.45, 7) is 8.29. The van der Waals surface area contributed by atoms with Gasteiger partial charge in [0.1, 0.15) is 5.15 Å². The number of carbonyl (C=O) groups excluding carboxylic acids is 1. The van der Waals surface area contributed by atoms with Crippen LogP contribution in [0.3, 0.4) is 0 Å². The fraction of sp³-hybridized carbons (Fsp3) is 0.562. The first-order valence-electron chi connectivity index (χ1n) is 8.05. The molecule has 1 saturated heterocycles. The van der Waals surface area contributed by atoms with Crippen molar-refractivity contribution >= 4 is 40.9 Å². The Morgan fingerprint density at radius 2 is 2.08 bits per heavy atom. The first-order chi connectivity index (χ1) is 11.3. The lowest BCUT2D eigenvalue weighted by molar-refractivity contribution is -0.133. The molecular weight excluding hydrogens is 346 g/mol. The number of nitrogens with zero attached hydrogens (tertiary/aromatic N) is 4. The van der Waals surface area contributed by atoms with E-state index >= 15 is 0 Å². The maximum Gasteiger partial charge on any atom is 0.265 e. The van der Waals surface area contributed by atoms with Crippen molar-refractivity contribution < 1.29 is 4.79 Å². The Kier molecular flexibility index (Phi) is 6.23. The van der Waals surface area contributed by atoms with E-state index < -0.39 is 0 Å². The van der Waals surface area contributed by atoms with Gasteiger partial charge >= 0.3 is 0 Å². The number of halogens is 1. The fourth-order valence-electron chi connectivity index (χ4n) is 2.51. The number of rotatable bonds is 4. The molecule has 1 aliphatic heterocycles. The molecule has 1 aromatic rings. The Labute approximate surface area is 153 Å². The maximum atomic E-state index is 12.5. The molecule has 1 fully saturated rings. The Morgan fingerprint density at radius 1 is 1.42 bits per heavy atom. The van der Waals surface area contributed by atoms with Gasteiger partial charge in [0.2, 0.25) is 0 Å². The van der Waals surface area contributed by atoms with Gasteiger partial charge in [0.05, 0.1) is 5.69 Å². The second kappa shape index (κ2) is 7.98. The fourth-order valence-corrected chi connectivity index (χ4v) is 3.02. The van der Waals surface area contributed by atoms with Crippen molar-refractivity contribution in [3.8, 4) is 0 Å². The van der Waals surface area contributed by atoms with Crippen molar-refractivity contribution in [3.63, 3.8) is 0 Å². The number of amides is 1. The van der Waals surface area contributed by atoms with Gasteiger partial charge in [-0.2, -0.15) is 5.10 Å². The quantitative estimate of drug-likeness (QED) is 0.652. The monoisotopic (exact) mass is 369 g/mol. The van der Waals surface area contributed by atoms with E-state index in [1.807, 2.05) is 11.9 Å². The number of aromatic nitrogens is 2. The van der Waals surface area contributed by atoms with Gasteiger partial charge in [0, 0.05) is 38.3 Å². The highest BCUT2D eigenvalue weighted by Gasteiger charge is 2.27. The van der Waals surface area contributed by atoms with Gasteiger partial charge in [-0.05, 0) is 37.6 Å². The van der Waals surface area contributed by atoms with Crippen molar-refractivity contribution in [2.75, 3.05) is 19.6 Å². The Morgan fingerprint density at radius 3 is 2.67 bits per heavy atom. The van der Waals surface area contributed by atoms with Gasteiger partial charge in [-0.3, -0.25) is 14.5 Å². The molecule has 1 aliphatic rings. The number of nitrogens with one attached hydrogen (secondary N) is 1. The molecular formula is C16H24ClN5OS. The number of aryl methyl sites for hydroxylation is 2. The van der Waals surface area contributed by atoms with Crippen LogP contribution in [0.2, 0.25) is 5.15 Å². The SMILES string of the molecule is Cc1nn(C)c(Cl)c1C=CC(=O)N1CCCN1C(=S)NCC(C)C. The van der Waals surface area contributed by atoms with Crippen LogP contribution in [0.4, 0.5) is 0 Å². The maximum absolute atomic E-state index is 12.5. The normalized spacial score (nSPS) is 14.9. The molecule has 24 heavy (non-hydrogen) atoms. The van der Waals surface area contributed by atoms with Gasteiger partial charge in [-0.25, -0.2) is 5.01 Å². The standard InChI is InChI=1S/C16H24ClN5OS/c1-11(2)10-18-16(24)22-9-5-8-21(22)14(23)7-6-13-12(3)19-20(4)15(13)17/h6-7,11H,5,8-10H2,1-4H3,(H,18,24). The third-order valence-corrected chi connectivity index (χ3v) is 4.57. The summed E-state index contributed by atoms with van der Waals surface area (Å²) in [6, 6.07) is 0. The summed E-state index contributed by atoms with van der Waals surface area (Å²) in [5, 5.41) is 12.1. The zero-order valence-corrected chi connectivity index (χ0v) is 16.1. The van der Waals surface area contributed by atoms with E-state index in [-0.39, 0.29) is 5.91 Å². The molecule has 0 atom stereocenters. The van der Waals surface area contributed by atoms with Crippen LogP contribution >= 0.6 is 23.8 Å². The number of hydrazine groups is 1. The molecule has 0 aliphatic carbocycles. The highest BCUT2D eigenvalue weighted by atomic mass is 35.5. The Bertz CT molecular complexity index is 655. The van der Waals surface area contributed by atoms with Crippen LogP contribution in [0.15, 0.2) is 6.08 Å². The zero-order chi connectivity index (χ0) is 17.9. The summed E-state index contributed by atoms with van der Waals surface area (Å²) < 4.78 is 1.59. The average Bonchev–Trinajstić information content (AvgIpc) is 3.09. The molecule has 0 unspecified atom stereocenters. The van der Waals surface area contributed by atoms with Gasteiger partial charge < -0.3 is 5.32 Å². The summed E-state index contributed by atoms with van der Waals surface area (Å²) in [6.07, 6.45) is 4.14. The smallest absolute Gasteiger partial charge is 0.265 e. The highest BCUT2D eigenvalue weighted by molar-refractivity contribution is 7.80. The second-order valence-corrected chi connectivity index (χ2v) is 7.01. The summed E-state index contributed by atoms with van der Waals surface area (Å²) in [7, 11) is 1.77. The lowest BCUT2D eigenvalue weighted by Crippen LogP contribution is -2.49. The first kappa shape index (κ1) is 18.7. The van der Waals surface area contributed by atoms with Crippen LogP contribution in [0.25, 0.3) is 6.08 Å². The molecule has 132 valence electrons.